The van der Waals surface area contributed by atoms with E-state index in [1.165, 1.54) is 6.21 Å². The quantitative estimate of drug-likeness (QED) is 0.671. The van der Waals surface area contributed by atoms with Crippen LogP contribution in [0, 0.1) is 12.3 Å². The molecule has 0 aliphatic heterocycles. The molecule has 0 amide bonds. The third-order valence-electron chi connectivity index (χ3n) is 1.74. The molecule has 0 bridgehead atoms. The highest BCUT2D eigenvalue weighted by atomic mass is 14.8. The molecule has 13 heavy (non-hydrogen) atoms. The molecule has 72 valence electrons. The van der Waals surface area contributed by atoms with Gasteiger partial charge >= 0.3 is 0 Å². The lowest BCUT2D eigenvalue weighted by Gasteiger charge is -2.06. The van der Waals surface area contributed by atoms with Crippen molar-refractivity contribution in [3.05, 3.63) is 29.3 Å². The van der Waals surface area contributed by atoms with E-state index >= 15 is 0 Å². The Morgan fingerprint density at radius 2 is 1.92 bits per heavy atom. The second-order valence-electron chi connectivity index (χ2n) is 2.43. The Labute approximate surface area is 80.5 Å². The van der Waals surface area contributed by atoms with Crippen LogP contribution in [0.2, 0.25) is 0 Å². The van der Waals surface area contributed by atoms with E-state index in [4.69, 9.17) is 5.41 Å². The number of nitrogens with one attached hydrogen (secondary N) is 2. The molecule has 0 heterocycles. The van der Waals surface area contributed by atoms with E-state index in [1.54, 1.807) is 0 Å². The van der Waals surface area contributed by atoms with Gasteiger partial charge in [-0.15, -0.1) is 0 Å². The lowest BCUT2D eigenvalue weighted by atomic mass is 10.1. The molecular weight excluding hydrogens is 160 g/mol. The first-order valence-electron chi connectivity index (χ1n) is 4.57. The van der Waals surface area contributed by atoms with E-state index in [9.17, 15) is 0 Å². The summed E-state index contributed by atoms with van der Waals surface area (Å²) in [6.07, 6.45) is 1.38. The van der Waals surface area contributed by atoms with Gasteiger partial charge in [-0.25, -0.2) is 0 Å². The zero-order chi connectivity index (χ0) is 10.3. The summed E-state index contributed by atoms with van der Waals surface area (Å²) in [6, 6.07) is 5.95. The maximum Gasteiger partial charge on any atom is 0.0429 e. The van der Waals surface area contributed by atoms with Crippen molar-refractivity contribution in [3.63, 3.8) is 0 Å². The van der Waals surface area contributed by atoms with E-state index in [0.29, 0.717) is 0 Å². The smallest absolute Gasteiger partial charge is 0.0429 e. The van der Waals surface area contributed by atoms with Crippen LogP contribution in [0.1, 0.15) is 25.0 Å². The Morgan fingerprint density at radius 3 is 2.31 bits per heavy atom. The summed E-state index contributed by atoms with van der Waals surface area (Å²) in [5.74, 6) is 0. The molecule has 0 aliphatic rings. The molecule has 2 N–H and O–H groups in total. The number of aryl methyl sites for hydroxylation is 1. The number of hydrogen-bond acceptors (Lipinski definition) is 2. The van der Waals surface area contributed by atoms with Crippen molar-refractivity contribution >= 4 is 11.9 Å². The summed E-state index contributed by atoms with van der Waals surface area (Å²) < 4.78 is 0. The second-order valence-corrected chi connectivity index (χ2v) is 2.43. The zero-order valence-electron chi connectivity index (χ0n) is 8.81. The Hall–Kier alpha value is -1.31. The number of hydrogen-bond donors (Lipinski definition) is 2. The van der Waals surface area contributed by atoms with Crippen molar-refractivity contribution in [1.29, 1.82) is 5.41 Å². The van der Waals surface area contributed by atoms with Crippen LogP contribution in [0.5, 0.6) is 0 Å². The van der Waals surface area contributed by atoms with E-state index in [1.807, 2.05) is 46.0 Å². The Balaban J connectivity index is 0.000000671. The average Bonchev–Trinajstić information content (AvgIpc) is 2.20. The zero-order valence-corrected chi connectivity index (χ0v) is 8.81. The third kappa shape index (κ3) is 2.90. The van der Waals surface area contributed by atoms with Crippen LogP contribution in [0.25, 0.3) is 0 Å². The molecule has 0 atom stereocenters. The fraction of sp³-hybridized carbons (Fsp3) is 0.364. The van der Waals surface area contributed by atoms with E-state index in [0.717, 1.165) is 16.8 Å². The van der Waals surface area contributed by atoms with Crippen LogP contribution in [-0.2, 0) is 0 Å². The highest BCUT2D eigenvalue weighted by Crippen LogP contribution is 2.15. The molecule has 0 saturated heterocycles. The van der Waals surface area contributed by atoms with Gasteiger partial charge in [0.05, 0.1) is 0 Å². The van der Waals surface area contributed by atoms with Gasteiger partial charge < -0.3 is 10.7 Å². The molecule has 0 aliphatic carbocycles. The lowest BCUT2D eigenvalue weighted by molar-refractivity contribution is 1.40. The fourth-order valence-corrected chi connectivity index (χ4v) is 1.09. The first-order valence-corrected chi connectivity index (χ1v) is 4.57. The normalized spacial score (nSPS) is 8.31. The summed E-state index contributed by atoms with van der Waals surface area (Å²) in [5, 5.41) is 10.2. The van der Waals surface area contributed by atoms with Crippen molar-refractivity contribution in [2.75, 3.05) is 12.4 Å². The summed E-state index contributed by atoms with van der Waals surface area (Å²) in [6.45, 7) is 6.00. The highest BCUT2D eigenvalue weighted by Gasteiger charge is 1.98. The largest absolute Gasteiger partial charge is 0.388 e. The van der Waals surface area contributed by atoms with Crippen molar-refractivity contribution in [2.45, 2.75) is 20.8 Å². The fourth-order valence-electron chi connectivity index (χ4n) is 1.09. The summed E-state index contributed by atoms with van der Waals surface area (Å²) in [4.78, 5) is 0. The molecule has 0 unspecified atom stereocenters. The van der Waals surface area contributed by atoms with Gasteiger partial charge in [-0.2, -0.15) is 0 Å². The summed E-state index contributed by atoms with van der Waals surface area (Å²) in [5.41, 5.74) is 3.11. The van der Waals surface area contributed by atoms with Gasteiger partial charge in [-0.1, -0.05) is 26.0 Å². The lowest BCUT2D eigenvalue weighted by Crippen LogP contribution is -1.95. The van der Waals surface area contributed by atoms with Gasteiger partial charge in [0, 0.05) is 24.5 Å². The molecule has 2 heteroatoms. The molecule has 0 fully saturated rings. The van der Waals surface area contributed by atoms with Crippen molar-refractivity contribution in [2.24, 2.45) is 0 Å². The minimum atomic E-state index is 0.968. The van der Waals surface area contributed by atoms with Crippen LogP contribution in [0.4, 0.5) is 5.69 Å². The van der Waals surface area contributed by atoms with Gasteiger partial charge in [0.15, 0.2) is 0 Å². The topological polar surface area (TPSA) is 35.9 Å². The molecule has 1 aromatic carbocycles. The molecule has 0 saturated carbocycles. The molecular formula is C11H18N2. The Bertz CT molecular complexity index is 267. The maximum atomic E-state index is 7.16. The van der Waals surface area contributed by atoms with E-state index in [2.05, 4.69) is 5.32 Å². The Morgan fingerprint density at radius 1 is 1.31 bits per heavy atom. The van der Waals surface area contributed by atoms with Crippen LogP contribution < -0.4 is 5.32 Å². The summed E-state index contributed by atoms with van der Waals surface area (Å²) >= 11 is 0. The molecule has 0 aromatic heterocycles. The molecule has 1 aromatic rings. The maximum absolute atomic E-state index is 7.16. The monoisotopic (exact) mass is 178 g/mol. The van der Waals surface area contributed by atoms with Gasteiger partial charge in [0.1, 0.15) is 0 Å². The first-order chi connectivity index (χ1) is 6.29. The minimum absolute atomic E-state index is 0.968. The second kappa shape index (κ2) is 6.23. The van der Waals surface area contributed by atoms with Gasteiger partial charge in [0.2, 0.25) is 0 Å². The predicted octanol–water partition coefficient (Wildman–Crippen LogP) is 3.06. The van der Waals surface area contributed by atoms with Crippen LogP contribution in [-0.4, -0.2) is 13.3 Å². The van der Waals surface area contributed by atoms with E-state index < -0.39 is 0 Å². The van der Waals surface area contributed by atoms with Gasteiger partial charge in [0.25, 0.3) is 0 Å². The number of anilines is 1. The van der Waals surface area contributed by atoms with Crippen LogP contribution in [0.15, 0.2) is 18.2 Å². The highest BCUT2D eigenvalue weighted by molar-refractivity contribution is 5.87. The minimum Gasteiger partial charge on any atom is -0.388 e. The average molecular weight is 178 g/mol. The van der Waals surface area contributed by atoms with Crippen LogP contribution in [0.3, 0.4) is 0 Å². The molecule has 0 radical (unpaired) electrons. The van der Waals surface area contributed by atoms with Gasteiger partial charge in [-0.3, -0.25) is 0 Å². The number of rotatable bonds is 2. The molecule has 0 spiro atoms. The van der Waals surface area contributed by atoms with Crippen molar-refractivity contribution in [1.82, 2.24) is 0 Å². The van der Waals surface area contributed by atoms with E-state index in [-0.39, 0.29) is 0 Å². The molecule has 1 rings (SSSR count). The first kappa shape index (κ1) is 11.7. The van der Waals surface area contributed by atoms with Crippen molar-refractivity contribution < 1.29 is 0 Å². The van der Waals surface area contributed by atoms with Gasteiger partial charge in [-0.05, 0) is 18.6 Å². The standard InChI is InChI=1S/C9H12N2.C2H6/c1-7-4-3-5-9(11-2)8(7)6-10;1-2/h3-6,10-11H,1-2H3;1-2H3. The number of benzene rings is 1. The predicted molar refractivity (Wildman–Crippen MR) is 60.0 cm³/mol. The molecule has 2 nitrogen and oxygen atoms in total. The summed E-state index contributed by atoms with van der Waals surface area (Å²) in [7, 11) is 1.86. The SMILES string of the molecule is CC.CNc1cccc(C)c1C=N. The third-order valence-corrected chi connectivity index (χ3v) is 1.74. The van der Waals surface area contributed by atoms with Crippen molar-refractivity contribution in [3.8, 4) is 0 Å². The Kier molecular flexibility index (Phi) is 5.60. The van der Waals surface area contributed by atoms with Crippen LogP contribution >= 0.6 is 0 Å².